The van der Waals surface area contributed by atoms with Gasteiger partial charge in [0.15, 0.2) is 0 Å². The zero-order valence-electron chi connectivity index (χ0n) is 5.46. The first kappa shape index (κ1) is 8.80. The molecule has 0 aliphatic carbocycles. The van der Waals surface area contributed by atoms with Gasteiger partial charge in [0.2, 0.25) is 0 Å². The molecule has 5 nitrogen and oxygen atoms in total. The van der Waals surface area contributed by atoms with Gasteiger partial charge in [0.05, 0.1) is 7.11 Å². The summed E-state index contributed by atoms with van der Waals surface area (Å²) in [6.45, 7) is 0. The number of carbonyl (C=O) groups excluding carboxylic acids is 2. The number of rotatable bonds is 0. The molecule has 2 amide bonds. The molecular formula is C5H8N2O3. The van der Waals surface area contributed by atoms with Crippen molar-refractivity contribution in [1.29, 1.82) is 0 Å². The Morgan fingerprint density at radius 3 is 1.80 bits per heavy atom. The van der Waals surface area contributed by atoms with E-state index >= 15 is 0 Å². The van der Waals surface area contributed by atoms with Crippen molar-refractivity contribution in [3.8, 4) is 0 Å². The normalized spacial score (nSPS) is 14.2. The van der Waals surface area contributed by atoms with Crippen molar-refractivity contribution in [2.24, 2.45) is 5.90 Å². The number of carbonyl (C=O) groups is 2. The summed E-state index contributed by atoms with van der Waals surface area (Å²) in [4.78, 5) is 23.8. The third-order valence-corrected chi connectivity index (χ3v) is 0.632. The number of imide groups is 1. The maximum atomic E-state index is 10.0. The lowest BCUT2D eigenvalue weighted by Gasteiger charge is -1.80. The number of hydrogen-bond donors (Lipinski definition) is 2. The average molecular weight is 144 g/mol. The second-order valence-electron chi connectivity index (χ2n) is 1.42. The minimum Gasteiger partial charge on any atom is -0.308 e. The van der Waals surface area contributed by atoms with Crippen molar-refractivity contribution >= 4 is 11.8 Å². The molecule has 0 unspecified atom stereocenters. The van der Waals surface area contributed by atoms with Crippen LogP contribution in [0.5, 0.6) is 0 Å². The maximum absolute atomic E-state index is 10.0. The molecule has 0 saturated heterocycles. The Morgan fingerprint density at radius 2 is 1.70 bits per heavy atom. The maximum Gasteiger partial charge on any atom is 0.250 e. The third kappa shape index (κ3) is 3.76. The van der Waals surface area contributed by atoms with Gasteiger partial charge in [-0.15, -0.1) is 0 Å². The Kier molecular flexibility index (Phi) is 4.10. The van der Waals surface area contributed by atoms with Gasteiger partial charge in [-0.3, -0.25) is 14.9 Å². The van der Waals surface area contributed by atoms with Crippen molar-refractivity contribution in [3.63, 3.8) is 0 Å². The van der Waals surface area contributed by atoms with Gasteiger partial charge < -0.3 is 4.84 Å². The molecule has 0 atom stereocenters. The average Bonchev–Trinajstić information content (AvgIpc) is 2.17. The highest BCUT2D eigenvalue weighted by atomic mass is 16.6. The molecule has 1 aliphatic heterocycles. The van der Waals surface area contributed by atoms with E-state index in [1.165, 1.54) is 19.3 Å². The van der Waals surface area contributed by atoms with Crippen LogP contribution in [-0.2, 0) is 14.4 Å². The highest BCUT2D eigenvalue weighted by molar-refractivity contribution is 6.12. The molecular weight excluding hydrogens is 136 g/mol. The minimum atomic E-state index is -0.329. The van der Waals surface area contributed by atoms with E-state index in [9.17, 15) is 9.59 Å². The van der Waals surface area contributed by atoms with Crippen LogP contribution in [0.2, 0.25) is 0 Å². The zero-order chi connectivity index (χ0) is 7.98. The SMILES string of the molecule is CON.O=C1C=CC(=O)N1. The molecule has 1 aliphatic rings. The Labute approximate surface area is 57.8 Å². The van der Waals surface area contributed by atoms with Gasteiger partial charge in [-0.25, -0.2) is 5.90 Å². The molecule has 0 saturated carbocycles. The van der Waals surface area contributed by atoms with Gasteiger partial charge in [0.1, 0.15) is 0 Å². The summed E-state index contributed by atoms with van der Waals surface area (Å²) in [5.41, 5.74) is 0. The zero-order valence-corrected chi connectivity index (χ0v) is 5.46. The first-order valence-corrected chi connectivity index (χ1v) is 2.46. The molecule has 10 heavy (non-hydrogen) atoms. The molecule has 0 bridgehead atoms. The predicted octanol–water partition coefficient (Wildman–Crippen LogP) is -1.29. The Bertz CT molecular complexity index is 148. The Balaban J connectivity index is 0.000000236. The van der Waals surface area contributed by atoms with Gasteiger partial charge >= 0.3 is 0 Å². The third-order valence-electron chi connectivity index (χ3n) is 0.632. The molecule has 0 aromatic heterocycles. The minimum absolute atomic E-state index is 0.329. The summed E-state index contributed by atoms with van der Waals surface area (Å²) < 4.78 is 0. The fraction of sp³-hybridized carbons (Fsp3) is 0.200. The first-order valence-electron chi connectivity index (χ1n) is 2.46. The smallest absolute Gasteiger partial charge is 0.250 e. The van der Waals surface area contributed by atoms with E-state index in [0.717, 1.165) is 0 Å². The summed E-state index contributed by atoms with van der Waals surface area (Å²) in [5.74, 6) is 3.69. The summed E-state index contributed by atoms with van der Waals surface area (Å²) >= 11 is 0. The van der Waals surface area contributed by atoms with Crippen molar-refractivity contribution in [1.82, 2.24) is 5.32 Å². The van der Waals surface area contributed by atoms with Crippen molar-refractivity contribution in [3.05, 3.63) is 12.2 Å². The monoisotopic (exact) mass is 144 g/mol. The lowest BCUT2D eigenvalue weighted by atomic mass is 10.6. The molecule has 5 heteroatoms. The number of nitrogens with two attached hydrogens (primary N) is 1. The molecule has 0 aromatic rings. The molecule has 3 N–H and O–H groups in total. The lowest BCUT2D eigenvalue weighted by molar-refractivity contribution is -0.123. The fourth-order valence-corrected chi connectivity index (χ4v) is 0.356. The Hall–Kier alpha value is -1.20. The van der Waals surface area contributed by atoms with E-state index in [1.54, 1.807) is 0 Å². The molecule has 1 heterocycles. The van der Waals surface area contributed by atoms with Gasteiger partial charge in [0.25, 0.3) is 11.8 Å². The predicted molar refractivity (Wildman–Crippen MR) is 33.5 cm³/mol. The van der Waals surface area contributed by atoms with Crippen LogP contribution in [0.15, 0.2) is 12.2 Å². The lowest BCUT2D eigenvalue weighted by Crippen LogP contribution is -2.19. The van der Waals surface area contributed by atoms with Crippen LogP contribution in [0, 0.1) is 0 Å². The number of amides is 2. The molecule has 0 radical (unpaired) electrons. The van der Waals surface area contributed by atoms with Gasteiger partial charge in [-0.05, 0) is 0 Å². The van der Waals surface area contributed by atoms with Crippen LogP contribution in [-0.4, -0.2) is 18.9 Å². The summed E-state index contributed by atoms with van der Waals surface area (Å²) in [7, 11) is 1.40. The van der Waals surface area contributed by atoms with E-state index < -0.39 is 0 Å². The van der Waals surface area contributed by atoms with Gasteiger partial charge in [-0.1, -0.05) is 0 Å². The van der Waals surface area contributed by atoms with Gasteiger partial charge in [-0.2, -0.15) is 0 Å². The molecule has 0 spiro atoms. The molecule has 0 aromatic carbocycles. The summed E-state index contributed by atoms with van der Waals surface area (Å²) in [6.07, 6.45) is 2.39. The standard InChI is InChI=1S/C4H3NO2.CH5NO/c6-3-1-2-4(7)5-3;1-3-2/h1-2H,(H,5,6,7);2H2,1H3. The molecule has 1 rings (SSSR count). The first-order chi connectivity index (χ1) is 4.70. The van der Waals surface area contributed by atoms with E-state index in [-0.39, 0.29) is 11.8 Å². The molecule has 0 fully saturated rings. The van der Waals surface area contributed by atoms with E-state index in [4.69, 9.17) is 0 Å². The topological polar surface area (TPSA) is 81.4 Å². The number of nitrogens with one attached hydrogen (secondary N) is 1. The van der Waals surface area contributed by atoms with Crippen LogP contribution >= 0.6 is 0 Å². The van der Waals surface area contributed by atoms with E-state index in [2.05, 4.69) is 10.7 Å². The van der Waals surface area contributed by atoms with Crippen LogP contribution in [0.4, 0.5) is 0 Å². The van der Waals surface area contributed by atoms with E-state index in [0.29, 0.717) is 0 Å². The van der Waals surface area contributed by atoms with Gasteiger partial charge in [0, 0.05) is 12.2 Å². The summed E-state index contributed by atoms with van der Waals surface area (Å²) in [6, 6.07) is 0. The van der Waals surface area contributed by atoms with Crippen LogP contribution in [0.1, 0.15) is 0 Å². The second kappa shape index (κ2) is 4.66. The number of hydrogen-bond acceptors (Lipinski definition) is 4. The highest BCUT2D eigenvalue weighted by Gasteiger charge is 2.06. The largest absolute Gasteiger partial charge is 0.308 e. The highest BCUT2D eigenvalue weighted by Crippen LogP contribution is 1.82. The van der Waals surface area contributed by atoms with Crippen LogP contribution in [0.3, 0.4) is 0 Å². The molecule has 56 valence electrons. The van der Waals surface area contributed by atoms with Crippen molar-refractivity contribution in [2.75, 3.05) is 7.11 Å². The van der Waals surface area contributed by atoms with E-state index in [1.807, 2.05) is 5.32 Å². The van der Waals surface area contributed by atoms with Crippen molar-refractivity contribution < 1.29 is 14.4 Å². The quantitative estimate of drug-likeness (QED) is 0.327. The fourth-order valence-electron chi connectivity index (χ4n) is 0.356. The Morgan fingerprint density at radius 1 is 1.40 bits per heavy atom. The second-order valence-corrected chi connectivity index (χ2v) is 1.42. The summed E-state index contributed by atoms with van der Waals surface area (Å²) in [5, 5.41) is 2.03. The van der Waals surface area contributed by atoms with Crippen LogP contribution in [0.25, 0.3) is 0 Å². The van der Waals surface area contributed by atoms with Crippen LogP contribution < -0.4 is 11.2 Å². The van der Waals surface area contributed by atoms with Crippen molar-refractivity contribution in [2.45, 2.75) is 0 Å².